The fourth-order valence-corrected chi connectivity index (χ4v) is 2.89. The molecular weight excluding hydrogens is 264 g/mol. The van der Waals surface area contributed by atoms with E-state index in [-0.39, 0.29) is 18.6 Å². The summed E-state index contributed by atoms with van der Waals surface area (Å²) in [6, 6.07) is 15.9. The van der Waals surface area contributed by atoms with Gasteiger partial charge >= 0.3 is 0 Å². The summed E-state index contributed by atoms with van der Waals surface area (Å²) < 4.78 is 0. The lowest BCUT2D eigenvalue weighted by Crippen LogP contribution is -2.48. The maximum absolute atomic E-state index is 12.0. The number of carbonyl (C=O) groups excluding carboxylic acids is 1. The standard InChI is InChI=1S/C16H10N4O/c17-8-15(9-18)7-13(21)6-14(16(15,10-19)11-20)12-4-2-1-3-5-12/h1-5,14H,6-7H2/t14-/m1/s1. The van der Waals surface area contributed by atoms with Crippen LogP contribution in [-0.2, 0) is 4.79 Å². The van der Waals surface area contributed by atoms with Crippen LogP contribution in [0.15, 0.2) is 30.3 Å². The van der Waals surface area contributed by atoms with Gasteiger partial charge in [0, 0.05) is 18.8 Å². The van der Waals surface area contributed by atoms with Gasteiger partial charge in [-0.25, -0.2) is 0 Å². The number of rotatable bonds is 1. The fourth-order valence-electron chi connectivity index (χ4n) is 2.89. The molecule has 0 amide bonds. The third kappa shape index (κ3) is 1.85. The zero-order valence-corrected chi connectivity index (χ0v) is 11.1. The second-order valence-corrected chi connectivity index (χ2v) is 5.04. The molecule has 0 bridgehead atoms. The number of benzene rings is 1. The van der Waals surface area contributed by atoms with Crippen LogP contribution in [0.1, 0.15) is 24.3 Å². The Morgan fingerprint density at radius 1 is 0.952 bits per heavy atom. The molecule has 0 unspecified atom stereocenters. The SMILES string of the molecule is N#CC1(C#N)CC(=O)C[C@H](c2ccccc2)C1(C#N)C#N. The highest BCUT2D eigenvalue weighted by atomic mass is 16.1. The highest BCUT2D eigenvalue weighted by Crippen LogP contribution is 2.55. The molecule has 1 aromatic rings. The van der Waals surface area contributed by atoms with Gasteiger partial charge in [-0.15, -0.1) is 0 Å². The molecule has 1 aliphatic carbocycles. The first kappa shape index (κ1) is 14.3. The predicted octanol–water partition coefficient (Wildman–Crippen LogP) is 2.20. The zero-order chi connectivity index (χ0) is 15.5. The van der Waals surface area contributed by atoms with E-state index in [2.05, 4.69) is 0 Å². The average Bonchev–Trinajstić information content (AvgIpc) is 2.54. The van der Waals surface area contributed by atoms with Gasteiger partial charge < -0.3 is 0 Å². The summed E-state index contributed by atoms with van der Waals surface area (Å²) in [6.07, 6.45) is -0.402. The molecule has 0 saturated heterocycles. The molecule has 0 aromatic heterocycles. The molecule has 1 aliphatic rings. The molecule has 0 heterocycles. The molecule has 1 saturated carbocycles. The summed E-state index contributed by atoms with van der Waals surface area (Å²) in [5, 5.41) is 37.9. The van der Waals surface area contributed by atoms with Crippen LogP contribution in [0.2, 0.25) is 0 Å². The van der Waals surface area contributed by atoms with Crippen LogP contribution < -0.4 is 0 Å². The van der Waals surface area contributed by atoms with Crippen molar-refractivity contribution in [3.8, 4) is 24.3 Å². The largest absolute Gasteiger partial charge is 0.300 e. The first-order valence-corrected chi connectivity index (χ1v) is 6.31. The van der Waals surface area contributed by atoms with Crippen molar-refractivity contribution in [2.24, 2.45) is 10.8 Å². The third-order valence-electron chi connectivity index (χ3n) is 4.03. The molecule has 2 rings (SSSR count). The number of nitrogens with zero attached hydrogens (tertiary/aromatic N) is 4. The lowest BCUT2D eigenvalue weighted by atomic mass is 9.52. The van der Waals surface area contributed by atoms with Crippen molar-refractivity contribution < 1.29 is 4.79 Å². The van der Waals surface area contributed by atoms with E-state index in [9.17, 15) is 25.8 Å². The van der Waals surface area contributed by atoms with E-state index in [1.807, 2.05) is 12.1 Å². The van der Waals surface area contributed by atoms with Crippen molar-refractivity contribution in [3.63, 3.8) is 0 Å². The molecule has 100 valence electrons. The van der Waals surface area contributed by atoms with Gasteiger partial charge in [0.25, 0.3) is 0 Å². The van der Waals surface area contributed by atoms with Crippen molar-refractivity contribution in [3.05, 3.63) is 35.9 Å². The number of nitriles is 4. The quantitative estimate of drug-likeness (QED) is 0.779. The zero-order valence-electron chi connectivity index (χ0n) is 11.1. The third-order valence-corrected chi connectivity index (χ3v) is 4.03. The Kier molecular flexibility index (Phi) is 3.45. The number of ketones is 1. The Labute approximate surface area is 122 Å². The van der Waals surface area contributed by atoms with Crippen molar-refractivity contribution in [2.45, 2.75) is 18.8 Å². The van der Waals surface area contributed by atoms with Crippen LogP contribution >= 0.6 is 0 Å². The van der Waals surface area contributed by atoms with E-state index in [0.717, 1.165) is 0 Å². The Morgan fingerprint density at radius 2 is 1.52 bits per heavy atom. The summed E-state index contributed by atoms with van der Waals surface area (Å²) >= 11 is 0. The molecule has 5 nitrogen and oxygen atoms in total. The fraction of sp³-hybridized carbons (Fsp3) is 0.312. The molecule has 21 heavy (non-hydrogen) atoms. The van der Waals surface area contributed by atoms with Gasteiger partial charge in [0.1, 0.15) is 5.78 Å². The van der Waals surface area contributed by atoms with E-state index in [0.29, 0.717) is 5.56 Å². The Morgan fingerprint density at radius 3 is 2.00 bits per heavy atom. The van der Waals surface area contributed by atoms with Crippen LogP contribution in [0, 0.1) is 56.2 Å². The van der Waals surface area contributed by atoms with E-state index >= 15 is 0 Å². The van der Waals surface area contributed by atoms with Crippen molar-refractivity contribution in [1.29, 1.82) is 21.0 Å². The van der Waals surface area contributed by atoms with Gasteiger partial charge in [-0.2, -0.15) is 21.0 Å². The van der Waals surface area contributed by atoms with Gasteiger partial charge in [-0.05, 0) is 5.56 Å². The molecule has 1 fully saturated rings. The Bertz CT molecular complexity index is 712. The molecule has 0 aliphatic heterocycles. The minimum absolute atomic E-state index is 0.0176. The van der Waals surface area contributed by atoms with Crippen LogP contribution in [0.5, 0.6) is 0 Å². The lowest BCUT2D eigenvalue weighted by molar-refractivity contribution is -0.124. The summed E-state index contributed by atoms with van der Waals surface area (Å²) in [4.78, 5) is 12.0. The summed E-state index contributed by atoms with van der Waals surface area (Å²) in [5.41, 5.74) is -3.18. The molecule has 0 radical (unpaired) electrons. The summed E-state index contributed by atoms with van der Waals surface area (Å²) in [7, 11) is 0. The number of carbonyl (C=O) groups is 1. The van der Waals surface area contributed by atoms with Crippen LogP contribution in [0.4, 0.5) is 0 Å². The van der Waals surface area contributed by atoms with Crippen molar-refractivity contribution >= 4 is 5.78 Å². The smallest absolute Gasteiger partial charge is 0.183 e. The van der Waals surface area contributed by atoms with Crippen molar-refractivity contribution in [1.82, 2.24) is 0 Å². The molecule has 0 N–H and O–H groups in total. The molecule has 1 aromatic carbocycles. The molecule has 0 spiro atoms. The van der Waals surface area contributed by atoms with Crippen LogP contribution in [0.25, 0.3) is 0 Å². The van der Waals surface area contributed by atoms with Gasteiger partial charge in [0.05, 0.1) is 24.3 Å². The van der Waals surface area contributed by atoms with Gasteiger partial charge in [0.15, 0.2) is 10.8 Å². The normalized spacial score (nSPS) is 22.1. The number of hydrogen-bond acceptors (Lipinski definition) is 5. The maximum Gasteiger partial charge on any atom is 0.183 e. The van der Waals surface area contributed by atoms with Gasteiger partial charge in [-0.3, -0.25) is 4.79 Å². The maximum atomic E-state index is 12.0. The summed E-state index contributed by atoms with van der Waals surface area (Å²) in [5.74, 6) is -1.07. The van der Waals surface area contributed by atoms with Crippen LogP contribution in [-0.4, -0.2) is 5.78 Å². The second-order valence-electron chi connectivity index (χ2n) is 5.04. The van der Waals surface area contributed by atoms with E-state index in [1.165, 1.54) is 0 Å². The number of hydrogen-bond donors (Lipinski definition) is 0. The first-order chi connectivity index (χ1) is 10.1. The minimum atomic E-state index is -1.94. The predicted molar refractivity (Wildman–Crippen MR) is 70.7 cm³/mol. The second kappa shape index (κ2) is 5.09. The monoisotopic (exact) mass is 274 g/mol. The highest BCUT2D eigenvalue weighted by molar-refractivity contribution is 5.84. The minimum Gasteiger partial charge on any atom is -0.300 e. The van der Waals surface area contributed by atoms with E-state index in [4.69, 9.17) is 0 Å². The van der Waals surface area contributed by atoms with E-state index in [1.54, 1.807) is 42.5 Å². The Balaban J connectivity index is 2.73. The molecule has 5 heteroatoms. The lowest BCUT2D eigenvalue weighted by Gasteiger charge is -2.41. The molecule has 1 atom stereocenters. The highest BCUT2D eigenvalue weighted by Gasteiger charge is 2.63. The van der Waals surface area contributed by atoms with Gasteiger partial charge in [-0.1, -0.05) is 30.3 Å². The van der Waals surface area contributed by atoms with E-state index < -0.39 is 16.7 Å². The first-order valence-electron chi connectivity index (χ1n) is 6.31. The Hall–Kier alpha value is -3.15. The van der Waals surface area contributed by atoms with Crippen molar-refractivity contribution in [2.75, 3.05) is 0 Å². The number of Topliss-reactive ketones (excluding diaryl/α,β-unsaturated/α-hetero) is 1. The van der Waals surface area contributed by atoms with Gasteiger partial charge in [0.2, 0.25) is 0 Å². The average molecular weight is 274 g/mol. The van der Waals surface area contributed by atoms with Crippen LogP contribution in [0.3, 0.4) is 0 Å². The summed E-state index contributed by atoms with van der Waals surface area (Å²) in [6.45, 7) is 0. The molecular formula is C16H10N4O. The topological polar surface area (TPSA) is 112 Å².